The fourth-order valence-electron chi connectivity index (χ4n) is 3.55. The monoisotopic (exact) mass is 436 g/mol. The molecule has 0 aliphatic rings. The van der Waals surface area contributed by atoms with Crippen LogP contribution in [0.2, 0.25) is 5.02 Å². The van der Waals surface area contributed by atoms with Crippen LogP contribution in [0.3, 0.4) is 0 Å². The third-order valence-electron chi connectivity index (χ3n) is 5.38. The van der Waals surface area contributed by atoms with Gasteiger partial charge in [0.1, 0.15) is 5.69 Å². The van der Waals surface area contributed by atoms with Crippen LogP contribution in [0.15, 0.2) is 54.6 Å². The maximum absolute atomic E-state index is 12.9. The molecule has 2 heterocycles. The van der Waals surface area contributed by atoms with Crippen LogP contribution >= 0.6 is 11.6 Å². The van der Waals surface area contributed by atoms with E-state index < -0.39 is 0 Å². The molecule has 0 atom stereocenters. The Morgan fingerprint density at radius 3 is 2.61 bits per heavy atom. The van der Waals surface area contributed by atoms with Crippen molar-refractivity contribution in [2.24, 2.45) is 0 Å². The molecule has 0 aliphatic carbocycles. The summed E-state index contributed by atoms with van der Waals surface area (Å²) in [4.78, 5) is 19.9. The molecule has 0 bridgehead atoms. The lowest BCUT2D eigenvalue weighted by Crippen LogP contribution is -2.27. The number of H-pyrrole nitrogens is 1. The molecular formula is C23H25ClN6O. The molecule has 160 valence electrons. The number of anilines is 1. The number of aromatic nitrogens is 4. The molecule has 7 nitrogen and oxygen atoms in total. The average molecular weight is 437 g/mol. The number of para-hydroxylation sites is 2. The second kappa shape index (κ2) is 9.32. The summed E-state index contributed by atoms with van der Waals surface area (Å²) in [5.74, 6) is 0.244. The summed E-state index contributed by atoms with van der Waals surface area (Å²) in [6.45, 7) is 7.86. The first kappa shape index (κ1) is 21.1. The van der Waals surface area contributed by atoms with E-state index in [4.69, 9.17) is 11.6 Å². The lowest BCUT2D eigenvalue weighted by atomic mass is 10.1. The number of halogens is 1. The van der Waals surface area contributed by atoms with Gasteiger partial charge in [-0.1, -0.05) is 49.7 Å². The minimum absolute atomic E-state index is 0.285. The van der Waals surface area contributed by atoms with Crippen molar-refractivity contribution >= 4 is 34.5 Å². The number of carbonyl (C=O) groups excluding carboxylic acids is 1. The van der Waals surface area contributed by atoms with Crippen molar-refractivity contribution in [2.75, 3.05) is 25.0 Å². The van der Waals surface area contributed by atoms with Crippen LogP contribution in [-0.2, 0) is 6.54 Å². The van der Waals surface area contributed by atoms with Crippen LogP contribution < -0.4 is 5.32 Å². The van der Waals surface area contributed by atoms with Gasteiger partial charge < -0.3 is 9.47 Å². The zero-order valence-corrected chi connectivity index (χ0v) is 18.4. The van der Waals surface area contributed by atoms with E-state index in [9.17, 15) is 4.79 Å². The minimum Gasteiger partial charge on any atom is -0.309 e. The molecule has 0 aliphatic heterocycles. The Hall–Kier alpha value is -3.16. The minimum atomic E-state index is -0.285. The Morgan fingerprint density at radius 1 is 1.13 bits per heavy atom. The van der Waals surface area contributed by atoms with E-state index in [1.165, 1.54) is 0 Å². The third kappa shape index (κ3) is 4.62. The van der Waals surface area contributed by atoms with Crippen molar-refractivity contribution < 1.29 is 4.79 Å². The second-order valence-corrected chi connectivity index (χ2v) is 7.67. The van der Waals surface area contributed by atoms with Gasteiger partial charge in [0.25, 0.3) is 5.91 Å². The zero-order valence-electron chi connectivity index (χ0n) is 17.6. The van der Waals surface area contributed by atoms with Crippen molar-refractivity contribution in [3.8, 4) is 11.3 Å². The first-order chi connectivity index (χ1) is 15.1. The van der Waals surface area contributed by atoms with Gasteiger partial charge in [-0.15, -0.1) is 0 Å². The van der Waals surface area contributed by atoms with Crippen LogP contribution in [0.1, 0.15) is 24.3 Å². The Balaban J connectivity index is 1.57. The Morgan fingerprint density at radius 2 is 1.87 bits per heavy atom. The standard InChI is InChI=1S/C23H25ClN6O/c1-3-29(4-2)13-14-30-21-8-6-5-7-18(21)25-23(30)26-22(31)20-15-19(27-28-20)16-9-11-17(24)12-10-16/h5-12,15H,3-4,13-14H2,1-2H3,(H,27,28)(H,25,26,31). The van der Waals surface area contributed by atoms with E-state index in [-0.39, 0.29) is 5.91 Å². The Labute approximate surface area is 186 Å². The van der Waals surface area contributed by atoms with Gasteiger partial charge in [-0.05, 0) is 43.4 Å². The molecule has 2 N–H and O–H groups in total. The van der Waals surface area contributed by atoms with Gasteiger partial charge in [0, 0.05) is 23.7 Å². The number of fused-ring (bicyclic) bond motifs is 1. The topological polar surface area (TPSA) is 78.8 Å². The van der Waals surface area contributed by atoms with E-state index in [0.717, 1.165) is 42.8 Å². The first-order valence-electron chi connectivity index (χ1n) is 10.4. The number of benzene rings is 2. The molecule has 0 saturated carbocycles. The van der Waals surface area contributed by atoms with Crippen molar-refractivity contribution in [1.82, 2.24) is 24.6 Å². The molecule has 0 radical (unpaired) electrons. The SMILES string of the molecule is CCN(CC)CCn1c(NC(=O)c2cc(-c3ccc(Cl)cc3)n[nH]2)nc2ccccc21. The summed E-state index contributed by atoms with van der Waals surface area (Å²) in [5, 5.41) is 10.7. The number of carbonyl (C=O) groups is 1. The maximum Gasteiger partial charge on any atom is 0.275 e. The van der Waals surface area contributed by atoms with E-state index >= 15 is 0 Å². The fraction of sp³-hybridized carbons (Fsp3) is 0.261. The first-order valence-corrected chi connectivity index (χ1v) is 10.8. The largest absolute Gasteiger partial charge is 0.309 e. The molecule has 31 heavy (non-hydrogen) atoms. The number of rotatable bonds is 8. The zero-order chi connectivity index (χ0) is 21.8. The van der Waals surface area contributed by atoms with Gasteiger partial charge in [-0.3, -0.25) is 15.2 Å². The summed E-state index contributed by atoms with van der Waals surface area (Å²) in [6, 6.07) is 17.0. The van der Waals surface area contributed by atoms with E-state index in [1.54, 1.807) is 18.2 Å². The summed E-state index contributed by atoms with van der Waals surface area (Å²) in [7, 11) is 0. The van der Waals surface area contributed by atoms with Crippen LogP contribution in [0.25, 0.3) is 22.3 Å². The van der Waals surface area contributed by atoms with Crippen LogP contribution in [0, 0.1) is 0 Å². The summed E-state index contributed by atoms with van der Waals surface area (Å²) < 4.78 is 2.06. The molecule has 1 amide bonds. The highest BCUT2D eigenvalue weighted by atomic mass is 35.5. The van der Waals surface area contributed by atoms with E-state index in [2.05, 4.69) is 43.8 Å². The Kier molecular flexibility index (Phi) is 6.34. The number of amides is 1. The smallest absolute Gasteiger partial charge is 0.275 e. The van der Waals surface area contributed by atoms with Gasteiger partial charge in [0.05, 0.1) is 16.7 Å². The number of hydrogen-bond donors (Lipinski definition) is 2. The molecule has 8 heteroatoms. The Bertz CT molecular complexity index is 1180. The van der Waals surface area contributed by atoms with Gasteiger partial charge in [0.15, 0.2) is 0 Å². The van der Waals surface area contributed by atoms with Crippen LogP contribution in [0.4, 0.5) is 5.95 Å². The van der Waals surface area contributed by atoms with Crippen molar-refractivity contribution in [3.05, 3.63) is 65.3 Å². The highest BCUT2D eigenvalue weighted by Crippen LogP contribution is 2.22. The molecule has 2 aromatic carbocycles. The number of nitrogens with one attached hydrogen (secondary N) is 2. The van der Waals surface area contributed by atoms with Gasteiger partial charge in [0.2, 0.25) is 5.95 Å². The van der Waals surface area contributed by atoms with Crippen molar-refractivity contribution in [1.29, 1.82) is 0 Å². The van der Waals surface area contributed by atoms with Gasteiger partial charge in [-0.25, -0.2) is 4.98 Å². The molecular weight excluding hydrogens is 412 g/mol. The molecule has 4 rings (SSSR count). The molecule has 2 aromatic heterocycles. The van der Waals surface area contributed by atoms with E-state index in [1.807, 2.05) is 36.4 Å². The lowest BCUT2D eigenvalue weighted by Gasteiger charge is -2.19. The number of aromatic amines is 1. The highest BCUT2D eigenvalue weighted by Gasteiger charge is 2.17. The van der Waals surface area contributed by atoms with Crippen molar-refractivity contribution in [2.45, 2.75) is 20.4 Å². The molecule has 0 unspecified atom stereocenters. The maximum atomic E-state index is 12.9. The normalized spacial score (nSPS) is 11.4. The quantitative estimate of drug-likeness (QED) is 0.420. The predicted molar refractivity (Wildman–Crippen MR) is 125 cm³/mol. The summed E-state index contributed by atoms with van der Waals surface area (Å²) >= 11 is 5.95. The average Bonchev–Trinajstić information content (AvgIpc) is 3.40. The molecule has 0 fully saturated rings. The van der Waals surface area contributed by atoms with Gasteiger partial charge in [-0.2, -0.15) is 5.10 Å². The van der Waals surface area contributed by atoms with Crippen LogP contribution in [0.5, 0.6) is 0 Å². The molecule has 4 aromatic rings. The number of likely N-dealkylation sites (N-methyl/N-ethyl adjacent to an activating group) is 1. The van der Waals surface area contributed by atoms with Crippen molar-refractivity contribution in [3.63, 3.8) is 0 Å². The fourth-order valence-corrected chi connectivity index (χ4v) is 3.68. The summed E-state index contributed by atoms with van der Waals surface area (Å²) in [6.07, 6.45) is 0. The third-order valence-corrected chi connectivity index (χ3v) is 5.63. The summed E-state index contributed by atoms with van der Waals surface area (Å²) in [5.41, 5.74) is 3.77. The van der Waals surface area contributed by atoms with E-state index in [0.29, 0.717) is 22.4 Å². The number of nitrogens with zero attached hydrogens (tertiary/aromatic N) is 4. The van der Waals surface area contributed by atoms with Crippen LogP contribution in [-0.4, -0.2) is 50.2 Å². The van der Waals surface area contributed by atoms with Gasteiger partial charge >= 0.3 is 0 Å². The number of imidazole rings is 1. The number of hydrogen-bond acceptors (Lipinski definition) is 4. The predicted octanol–water partition coefficient (Wildman–Crippen LogP) is 4.67. The molecule has 0 spiro atoms. The lowest BCUT2D eigenvalue weighted by molar-refractivity contribution is 0.102. The molecule has 0 saturated heterocycles. The second-order valence-electron chi connectivity index (χ2n) is 7.23. The highest BCUT2D eigenvalue weighted by molar-refractivity contribution is 6.30.